The predicted molar refractivity (Wildman–Crippen MR) is 48.8 cm³/mol. The fourth-order valence-electron chi connectivity index (χ4n) is 2.94. The third-order valence-corrected chi connectivity index (χ3v) is 4.40. The molecule has 2 atom stereocenters. The second-order valence-corrected chi connectivity index (χ2v) is 4.96. The van der Waals surface area contributed by atoms with Crippen LogP contribution in [0.1, 0.15) is 33.6 Å². The van der Waals surface area contributed by atoms with Crippen LogP contribution in [0.4, 0.5) is 0 Å². The molecular weight excluding hydrogens is 166 g/mol. The quantitative estimate of drug-likeness (QED) is 0.458. The van der Waals surface area contributed by atoms with E-state index < -0.39 is 0 Å². The van der Waals surface area contributed by atoms with Crippen molar-refractivity contribution in [2.75, 3.05) is 0 Å². The van der Waals surface area contributed by atoms with Crippen LogP contribution in [-0.2, 0) is 4.79 Å². The molecule has 0 saturated heterocycles. The Balaban J connectivity index is 2.57. The van der Waals surface area contributed by atoms with Crippen LogP contribution in [0.3, 0.4) is 0 Å². The van der Waals surface area contributed by atoms with Crippen molar-refractivity contribution >= 4 is 11.5 Å². The first-order valence-electron chi connectivity index (χ1n) is 4.72. The lowest BCUT2D eigenvalue weighted by Gasteiger charge is -2.31. The fourth-order valence-corrected chi connectivity index (χ4v) is 2.94. The van der Waals surface area contributed by atoms with Crippen LogP contribution in [0, 0.1) is 16.7 Å². The van der Waals surface area contributed by atoms with E-state index in [0.29, 0.717) is 5.71 Å². The van der Waals surface area contributed by atoms with Gasteiger partial charge >= 0.3 is 0 Å². The van der Waals surface area contributed by atoms with Gasteiger partial charge in [-0.1, -0.05) is 25.9 Å². The number of carbonyl (C=O) groups is 1. The average Bonchev–Trinajstić information content (AvgIpc) is 2.36. The zero-order valence-corrected chi connectivity index (χ0v) is 8.29. The smallest absolute Gasteiger partial charge is 0.187 e. The Morgan fingerprint density at radius 1 is 1.46 bits per heavy atom. The number of Topliss-reactive ketones (excluding diaryl/α,β-unsaturated/α-hetero) is 1. The summed E-state index contributed by atoms with van der Waals surface area (Å²) in [5, 5.41) is 11.9. The molecular formula is C10H15NO2. The molecule has 0 aliphatic heterocycles. The first kappa shape index (κ1) is 8.73. The minimum absolute atomic E-state index is 0.0361. The van der Waals surface area contributed by atoms with Gasteiger partial charge in [-0.05, 0) is 18.3 Å². The number of fused-ring (bicyclic) bond motifs is 2. The van der Waals surface area contributed by atoms with Gasteiger partial charge in [0.2, 0.25) is 0 Å². The maximum Gasteiger partial charge on any atom is 0.187 e. The molecule has 3 nitrogen and oxygen atoms in total. The molecule has 3 heteroatoms. The summed E-state index contributed by atoms with van der Waals surface area (Å²) in [6.45, 7) is 6.19. The lowest BCUT2D eigenvalue weighted by atomic mass is 9.70. The maximum absolute atomic E-state index is 11.8. The van der Waals surface area contributed by atoms with Gasteiger partial charge in [0.1, 0.15) is 5.71 Å². The highest BCUT2D eigenvalue weighted by Crippen LogP contribution is 2.62. The Hall–Kier alpha value is -0.860. The second-order valence-electron chi connectivity index (χ2n) is 4.96. The number of nitrogens with zero attached hydrogens (tertiary/aromatic N) is 1. The van der Waals surface area contributed by atoms with Gasteiger partial charge in [-0.2, -0.15) is 0 Å². The van der Waals surface area contributed by atoms with E-state index in [-0.39, 0.29) is 22.5 Å². The van der Waals surface area contributed by atoms with Crippen molar-refractivity contribution in [2.45, 2.75) is 33.6 Å². The maximum atomic E-state index is 11.8. The van der Waals surface area contributed by atoms with Crippen molar-refractivity contribution in [1.82, 2.24) is 0 Å². The van der Waals surface area contributed by atoms with Crippen LogP contribution in [0.5, 0.6) is 0 Å². The second kappa shape index (κ2) is 2.14. The summed E-state index contributed by atoms with van der Waals surface area (Å²) in [4.78, 5) is 11.8. The summed E-state index contributed by atoms with van der Waals surface area (Å²) < 4.78 is 0. The van der Waals surface area contributed by atoms with Crippen LogP contribution in [-0.4, -0.2) is 16.7 Å². The molecule has 13 heavy (non-hydrogen) atoms. The molecule has 0 unspecified atom stereocenters. The minimum atomic E-state index is -0.292. The standard InChI is InChI=1S/C10H15NO2/c1-9(2)6-4-5-10(9,3)8(12)7(6)11-13/h6,13H,4-5H2,1-3H3/b11-7+/t6-,10-/m0/s1. The van der Waals surface area contributed by atoms with Crippen molar-refractivity contribution in [2.24, 2.45) is 21.9 Å². The van der Waals surface area contributed by atoms with Gasteiger partial charge in [-0.15, -0.1) is 0 Å². The summed E-state index contributed by atoms with van der Waals surface area (Å²) in [7, 11) is 0. The first-order chi connectivity index (χ1) is 5.95. The molecule has 2 aliphatic rings. The SMILES string of the molecule is CC1(C)[C@H]2CC[C@@]1(C)C(=O)/C2=N/O. The zero-order chi connectivity index (χ0) is 9.85. The van der Waals surface area contributed by atoms with Gasteiger partial charge in [0.15, 0.2) is 5.78 Å². The number of ketones is 1. The van der Waals surface area contributed by atoms with E-state index in [4.69, 9.17) is 5.21 Å². The molecule has 2 bridgehead atoms. The van der Waals surface area contributed by atoms with Gasteiger partial charge in [0.05, 0.1) is 0 Å². The molecule has 0 aromatic carbocycles. The van der Waals surface area contributed by atoms with Crippen LogP contribution in [0.25, 0.3) is 0 Å². The Kier molecular flexibility index (Phi) is 1.44. The molecule has 72 valence electrons. The molecule has 2 aliphatic carbocycles. The minimum Gasteiger partial charge on any atom is -0.411 e. The molecule has 1 N–H and O–H groups in total. The predicted octanol–water partition coefficient (Wildman–Crippen LogP) is 1.84. The molecule has 0 amide bonds. The van der Waals surface area contributed by atoms with Gasteiger partial charge in [0.25, 0.3) is 0 Å². The van der Waals surface area contributed by atoms with E-state index in [1.165, 1.54) is 0 Å². The Morgan fingerprint density at radius 3 is 2.38 bits per heavy atom. The summed E-state index contributed by atoms with van der Waals surface area (Å²) in [5.41, 5.74) is 0.0731. The van der Waals surface area contributed by atoms with Crippen molar-refractivity contribution in [3.05, 3.63) is 0 Å². The van der Waals surface area contributed by atoms with Crippen LogP contribution >= 0.6 is 0 Å². The lowest BCUT2D eigenvalue weighted by molar-refractivity contribution is -0.123. The topological polar surface area (TPSA) is 49.7 Å². The summed E-state index contributed by atoms with van der Waals surface area (Å²) in [5.74, 6) is 0.214. The molecule has 2 saturated carbocycles. The monoisotopic (exact) mass is 181 g/mol. The van der Waals surface area contributed by atoms with Crippen molar-refractivity contribution < 1.29 is 10.0 Å². The highest BCUT2D eigenvalue weighted by Gasteiger charge is 2.65. The Labute approximate surface area is 77.8 Å². The molecule has 2 fully saturated rings. The number of rotatable bonds is 0. The summed E-state index contributed by atoms with van der Waals surface area (Å²) in [6, 6.07) is 0. The summed E-state index contributed by atoms with van der Waals surface area (Å²) in [6.07, 6.45) is 1.91. The Morgan fingerprint density at radius 2 is 2.08 bits per heavy atom. The van der Waals surface area contributed by atoms with E-state index in [2.05, 4.69) is 19.0 Å². The van der Waals surface area contributed by atoms with Crippen LogP contribution in [0.2, 0.25) is 0 Å². The highest BCUT2D eigenvalue weighted by molar-refractivity contribution is 6.45. The molecule has 0 aromatic rings. The van der Waals surface area contributed by atoms with Crippen LogP contribution in [0.15, 0.2) is 5.16 Å². The van der Waals surface area contributed by atoms with Crippen molar-refractivity contribution in [1.29, 1.82) is 0 Å². The summed E-state index contributed by atoms with van der Waals surface area (Å²) >= 11 is 0. The number of hydrogen-bond donors (Lipinski definition) is 1. The van der Waals surface area contributed by atoms with E-state index in [0.717, 1.165) is 12.8 Å². The van der Waals surface area contributed by atoms with E-state index in [1.807, 2.05) is 6.92 Å². The largest absolute Gasteiger partial charge is 0.411 e. The van der Waals surface area contributed by atoms with Gasteiger partial charge in [0, 0.05) is 11.3 Å². The number of carbonyl (C=O) groups excluding carboxylic acids is 1. The molecule has 0 heterocycles. The van der Waals surface area contributed by atoms with E-state index >= 15 is 0 Å². The van der Waals surface area contributed by atoms with Gasteiger partial charge in [-0.25, -0.2) is 0 Å². The molecule has 0 spiro atoms. The van der Waals surface area contributed by atoms with Gasteiger partial charge in [-0.3, -0.25) is 4.79 Å². The normalized spacial score (nSPS) is 44.7. The van der Waals surface area contributed by atoms with Gasteiger partial charge < -0.3 is 5.21 Å². The van der Waals surface area contributed by atoms with E-state index in [9.17, 15) is 4.79 Å². The zero-order valence-electron chi connectivity index (χ0n) is 8.29. The number of oxime groups is 1. The third-order valence-electron chi connectivity index (χ3n) is 4.40. The van der Waals surface area contributed by atoms with Crippen LogP contribution < -0.4 is 0 Å². The average molecular weight is 181 g/mol. The van der Waals surface area contributed by atoms with Crippen molar-refractivity contribution in [3.63, 3.8) is 0 Å². The molecule has 2 rings (SSSR count). The Bertz CT molecular complexity index is 306. The number of hydrogen-bond acceptors (Lipinski definition) is 3. The molecule has 0 aromatic heterocycles. The van der Waals surface area contributed by atoms with E-state index in [1.54, 1.807) is 0 Å². The molecule has 0 radical (unpaired) electrons. The highest BCUT2D eigenvalue weighted by atomic mass is 16.4. The van der Waals surface area contributed by atoms with Crippen molar-refractivity contribution in [3.8, 4) is 0 Å². The fraction of sp³-hybridized carbons (Fsp3) is 0.800. The lowest BCUT2D eigenvalue weighted by Crippen LogP contribution is -2.33. The first-order valence-corrected chi connectivity index (χ1v) is 4.72. The third kappa shape index (κ3) is 0.713.